The van der Waals surface area contributed by atoms with Crippen molar-refractivity contribution in [3.05, 3.63) is 40.9 Å². The summed E-state index contributed by atoms with van der Waals surface area (Å²) in [6.07, 6.45) is 0.722. The maximum atomic E-state index is 10.0. The fourth-order valence-corrected chi connectivity index (χ4v) is 1.19. The van der Waals surface area contributed by atoms with Gasteiger partial charge in [0.2, 0.25) is 0 Å². The molecule has 0 N–H and O–H groups in total. The first-order valence-electron chi connectivity index (χ1n) is 4.48. The van der Waals surface area contributed by atoms with Crippen molar-refractivity contribution in [1.82, 2.24) is 0 Å². The molecule has 0 spiro atoms. The van der Waals surface area contributed by atoms with Crippen LogP contribution in [0.5, 0.6) is 5.75 Å². The van der Waals surface area contributed by atoms with Gasteiger partial charge in [0.1, 0.15) is 12.4 Å². The maximum Gasteiger partial charge on any atom is 2.00 e. The first kappa shape index (κ1) is 20.1. The van der Waals surface area contributed by atoms with Gasteiger partial charge in [-0.25, -0.2) is 0 Å². The molecule has 0 fully saturated rings. The summed E-state index contributed by atoms with van der Waals surface area (Å²) < 4.78 is 4.80. The summed E-state index contributed by atoms with van der Waals surface area (Å²) in [5.41, 5.74) is 0. The number of ether oxygens (including phenoxy) is 1. The number of hydrogen-bond acceptors (Lipinski definition) is 5. The molecule has 0 aromatic heterocycles. The van der Waals surface area contributed by atoms with E-state index in [1.807, 2.05) is 0 Å². The number of carboxylic acids is 2. The molecule has 19 heavy (non-hydrogen) atoms. The number of benzene rings is 1. The van der Waals surface area contributed by atoms with Gasteiger partial charge in [-0.2, -0.15) is 0 Å². The summed E-state index contributed by atoms with van der Waals surface area (Å²) in [4.78, 5) is 19.2. The van der Waals surface area contributed by atoms with Crippen molar-refractivity contribution in [2.45, 2.75) is 0 Å². The predicted molar refractivity (Wildman–Crippen MR) is 62.2 cm³/mol. The Kier molecular flexibility index (Phi) is 11.3. The summed E-state index contributed by atoms with van der Waals surface area (Å²) in [7, 11) is 0. The quantitative estimate of drug-likeness (QED) is 0.562. The van der Waals surface area contributed by atoms with Gasteiger partial charge in [-0.05, 0) is 24.3 Å². The van der Waals surface area contributed by atoms with Gasteiger partial charge in [-0.15, -0.1) is 0 Å². The molecule has 0 aliphatic rings. The van der Waals surface area contributed by atoms with Gasteiger partial charge in [0.15, 0.2) is 0 Å². The van der Waals surface area contributed by atoms with Crippen molar-refractivity contribution in [3.63, 3.8) is 0 Å². The molecule has 1 rings (SSSR count). The minimum absolute atomic E-state index is 0. The summed E-state index contributed by atoms with van der Waals surface area (Å²) in [6.45, 7) is 2.37. The Balaban J connectivity index is 0. The van der Waals surface area contributed by atoms with Crippen LogP contribution in [-0.4, -0.2) is 18.5 Å². The molecule has 0 bridgehead atoms. The van der Waals surface area contributed by atoms with Crippen molar-refractivity contribution < 1.29 is 41.6 Å². The van der Waals surface area contributed by atoms with Crippen LogP contribution in [0.3, 0.4) is 0 Å². The molecule has 0 amide bonds. The van der Waals surface area contributed by atoms with Gasteiger partial charge < -0.3 is 24.5 Å². The largest absolute Gasteiger partial charge is 2.00 e. The van der Waals surface area contributed by atoms with Crippen LogP contribution in [-0.2, 0) is 26.7 Å². The van der Waals surface area contributed by atoms with Gasteiger partial charge >= 0.3 is 17.1 Å². The summed E-state index contributed by atoms with van der Waals surface area (Å²) in [5.74, 6) is -2.26. The minimum atomic E-state index is -1.30. The maximum absolute atomic E-state index is 10.0. The van der Waals surface area contributed by atoms with Gasteiger partial charge in [0, 0.05) is 5.02 Å². The van der Waals surface area contributed by atoms with E-state index >= 15 is 0 Å². The van der Waals surface area contributed by atoms with Crippen LogP contribution in [0.2, 0.25) is 10.0 Å². The van der Waals surface area contributed by atoms with E-state index in [4.69, 9.17) is 37.8 Å². The average Bonchev–Trinajstić information content (AvgIpc) is 2.28. The summed E-state index contributed by atoms with van der Waals surface area (Å²) in [6, 6.07) is 4.51. The Hall–Kier alpha value is -1.20. The molecular formula is C11H8Cl2CuO5. The van der Waals surface area contributed by atoms with Gasteiger partial charge in [0.05, 0.1) is 17.0 Å². The van der Waals surface area contributed by atoms with Crippen molar-refractivity contribution in [2.24, 2.45) is 0 Å². The number of carboxylic acid groups (broad SMARTS) is 2. The Morgan fingerprint density at radius 2 is 1.84 bits per heavy atom. The van der Waals surface area contributed by atoms with Crippen LogP contribution in [0, 0.1) is 0 Å². The third-order valence-corrected chi connectivity index (χ3v) is 1.94. The molecule has 0 aliphatic heterocycles. The molecule has 0 heterocycles. The van der Waals surface area contributed by atoms with Crippen LogP contribution in [0.4, 0.5) is 0 Å². The second kappa shape index (κ2) is 10.7. The Bertz CT molecular complexity index is 451. The molecule has 5 nitrogen and oxygen atoms in total. The van der Waals surface area contributed by atoms with E-state index in [2.05, 4.69) is 6.58 Å². The SMILES string of the molecule is C=CC(=O)[O-].O=C([O-])COc1ccc(Cl)cc1Cl.[Cu+2]. The topological polar surface area (TPSA) is 89.5 Å². The van der Waals surface area contributed by atoms with Crippen molar-refractivity contribution in [1.29, 1.82) is 0 Å². The van der Waals surface area contributed by atoms with Crippen LogP contribution in [0.25, 0.3) is 0 Å². The number of rotatable bonds is 4. The monoisotopic (exact) mass is 353 g/mol. The summed E-state index contributed by atoms with van der Waals surface area (Å²) >= 11 is 11.3. The van der Waals surface area contributed by atoms with Crippen LogP contribution in [0.1, 0.15) is 0 Å². The first-order valence-corrected chi connectivity index (χ1v) is 5.23. The third-order valence-electron chi connectivity index (χ3n) is 1.41. The standard InChI is InChI=1S/C8H6Cl2O3.C3H4O2.Cu/c9-5-1-2-7(6(10)3-5)13-4-8(11)12;1-2-3(4)5;/h1-3H,4H2,(H,11,12);2H,1H2,(H,4,5);/q;;+2/p-2. The zero-order valence-corrected chi connectivity index (χ0v) is 11.8. The second-order valence-corrected chi connectivity index (χ2v) is 3.60. The number of aliphatic carboxylic acids is 2. The predicted octanol–water partition coefficient (Wildman–Crippen LogP) is 0.0419. The molecule has 1 aromatic rings. The molecule has 1 aromatic carbocycles. The molecule has 8 heteroatoms. The Morgan fingerprint density at radius 1 is 1.32 bits per heavy atom. The van der Waals surface area contributed by atoms with Crippen LogP contribution in [0.15, 0.2) is 30.9 Å². The molecule has 107 valence electrons. The van der Waals surface area contributed by atoms with E-state index in [1.165, 1.54) is 12.1 Å². The van der Waals surface area contributed by atoms with E-state index in [9.17, 15) is 9.90 Å². The van der Waals surface area contributed by atoms with Crippen molar-refractivity contribution in [2.75, 3.05) is 6.61 Å². The fourth-order valence-electron chi connectivity index (χ4n) is 0.729. The van der Waals surface area contributed by atoms with Crippen molar-refractivity contribution in [3.8, 4) is 5.75 Å². The van der Waals surface area contributed by atoms with Crippen molar-refractivity contribution >= 4 is 35.1 Å². The van der Waals surface area contributed by atoms with Crippen LogP contribution < -0.4 is 14.9 Å². The number of hydrogen-bond donors (Lipinski definition) is 0. The summed E-state index contributed by atoms with van der Waals surface area (Å²) in [5, 5.41) is 19.9. The van der Waals surface area contributed by atoms with Gasteiger partial charge in [-0.1, -0.05) is 29.8 Å². The van der Waals surface area contributed by atoms with Crippen LogP contribution >= 0.6 is 23.2 Å². The number of carbonyl (C=O) groups is 2. The molecule has 0 unspecified atom stereocenters. The Morgan fingerprint density at radius 3 is 2.21 bits per heavy atom. The van der Waals surface area contributed by atoms with E-state index < -0.39 is 18.5 Å². The van der Waals surface area contributed by atoms with E-state index in [1.54, 1.807) is 6.07 Å². The first-order chi connectivity index (χ1) is 8.36. The Labute approximate surface area is 130 Å². The third kappa shape index (κ3) is 10.4. The average molecular weight is 355 g/mol. The van der Waals surface area contributed by atoms with E-state index in [0.29, 0.717) is 5.02 Å². The minimum Gasteiger partial charge on any atom is -0.546 e. The molecule has 1 radical (unpaired) electrons. The number of halogens is 2. The second-order valence-electron chi connectivity index (χ2n) is 2.76. The van der Waals surface area contributed by atoms with E-state index in [-0.39, 0.29) is 27.8 Å². The number of carbonyl (C=O) groups excluding carboxylic acids is 2. The van der Waals surface area contributed by atoms with Gasteiger partial charge in [0.25, 0.3) is 0 Å². The molecule has 0 atom stereocenters. The fraction of sp³-hybridized carbons (Fsp3) is 0.0909. The molecule has 0 saturated heterocycles. The zero-order chi connectivity index (χ0) is 14.1. The smallest absolute Gasteiger partial charge is 0.546 e. The van der Waals surface area contributed by atoms with E-state index in [0.717, 1.165) is 6.08 Å². The molecule has 0 aliphatic carbocycles. The molecule has 0 saturated carbocycles. The zero-order valence-electron chi connectivity index (χ0n) is 9.32. The normalized spacial score (nSPS) is 8.32. The molecular weight excluding hydrogens is 347 g/mol. The van der Waals surface area contributed by atoms with Gasteiger partial charge in [-0.3, -0.25) is 0 Å².